The molecule has 2 rings (SSSR count). The number of hydrogen-bond donors (Lipinski definition) is 2. The zero-order chi connectivity index (χ0) is 12.3. The summed E-state index contributed by atoms with van der Waals surface area (Å²) in [6.45, 7) is 0.470. The Hall–Kier alpha value is -1.66. The summed E-state index contributed by atoms with van der Waals surface area (Å²) in [7, 11) is 0. The molecule has 0 amide bonds. The van der Waals surface area contributed by atoms with Crippen molar-refractivity contribution in [1.29, 1.82) is 0 Å². The number of nitrogens with two attached hydrogens (primary N) is 1. The molecule has 0 unspecified atom stereocenters. The van der Waals surface area contributed by atoms with E-state index in [4.69, 9.17) is 10.6 Å². The molecule has 6 nitrogen and oxygen atoms in total. The second-order valence-electron chi connectivity index (χ2n) is 4.12. The van der Waals surface area contributed by atoms with Crippen molar-refractivity contribution in [2.75, 3.05) is 5.43 Å². The van der Waals surface area contributed by atoms with Crippen molar-refractivity contribution >= 4 is 11.4 Å². The number of nitrogens with zero attached hydrogens (tertiary/aromatic N) is 1. The fourth-order valence-corrected chi connectivity index (χ4v) is 1.70. The molecule has 0 bridgehead atoms. The summed E-state index contributed by atoms with van der Waals surface area (Å²) in [5.74, 6) is 5.26. The summed E-state index contributed by atoms with van der Waals surface area (Å²) in [5.41, 5.74) is 3.50. The van der Waals surface area contributed by atoms with Crippen molar-refractivity contribution in [2.45, 2.75) is 32.0 Å². The van der Waals surface area contributed by atoms with Crippen LogP contribution in [0.4, 0.5) is 11.4 Å². The molecule has 1 fully saturated rings. The van der Waals surface area contributed by atoms with Gasteiger partial charge in [0.05, 0.1) is 17.6 Å². The number of hydrogen-bond acceptors (Lipinski definition) is 5. The predicted octanol–water partition coefficient (Wildman–Crippen LogP) is 1.95. The molecule has 0 atom stereocenters. The number of nitrogen functional groups attached to an aromatic ring is 1. The van der Waals surface area contributed by atoms with Gasteiger partial charge < -0.3 is 10.2 Å². The molecule has 1 aliphatic rings. The van der Waals surface area contributed by atoms with E-state index in [1.165, 1.54) is 12.5 Å². The van der Waals surface area contributed by atoms with Gasteiger partial charge in [0, 0.05) is 6.07 Å². The third-order valence-corrected chi connectivity index (χ3v) is 2.95. The molecule has 17 heavy (non-hydrogen) atoms. The lowest BCUT2D eigenvalue weighted by Crippen LogP contribution is -2.21. The summed E-state index contributed by atoms with van der Waals surface area (Å²) < 4.78 is 5.63. The van der Waals surface area contributed by atoms with E-state index in [1.807, 2.05) is 0 Å². The van der Waals surface area contributed by atoms with E-state index in [0.717, 1.165) is 18.4 Å². The third-order valence-electron chi connectivity index (χ3n) is 2.95. The van der Waals surface area contributed by atoms with E-state index < -0.39 is 4.92 Å². The topological polar surface area (TPSA) is 90.4 Å². The standard InChI is InChI=1S/C11H15N3O3/c12-13-10-6-8(4-5-11(10)14(15)16)7-17-9-2-1-3-9/h4-6,9,13H,1-3,7,12H2. The summed E-state index contributed by atoms with van der Waals surface area (Å²) >= 11 is 0. The van der Waals surface area contributed by atoms with Gasteiger partial charge in [-0.05, 0) is 37.0 Å². The molecule has 0 spiro atoms. The Morgan fingerprint density at radius 2 is 2.29 bits per heavy atom. The van der Waals surface area contributed by atoms with Crippen LogP contribution < -0.4 is 11.3 Å². The first kappa shape index (κ1) is 11.8. The highest BCUT2D eigenvalue weighted by atomic mass is 16.6. The van der Waals surface area contributed by atoms with Gasteiger partial charge >= 0.3 is 0 Å². The van der Waals surface area contributed by atoms with E-state index in [1.54, 1.807) is 12.1 Å². The van der Waals surface area contributed by atoms with Crippen LogP contribution >= 0.6 is 0 Å². The molecule has 0 aliphatic heterocycles. The van der Waals surface area contributed by atoms with Gasteiger partial charge in [0.25, 0.3) is 5.69 Å². The number of nitro benzene ring substituents is 1. The van der Waals surface area contributed by atoms with Gasteiger partial charge in [-0.2, -0.15) is 0 Å². The summed E-state index contributed by atoms with van der Waals surface area (Å²) in [6.07, 6.45) is 3.78. The quantitative estimate of drug-likeness (QED) is 0.464. The lowest BCUT2D eigenvalue weighted by molar-refractivity contribution is -0.384. The van der Waals surface area contributed by atoms with Crippen LogP contribution in [0.2, 0.25) is 0 Å². The van der Waals surface area contributed by atoms with Gasteiger partial charge in [0.2, 0.25) is 0 Å². The molecule has 0 heterocycles. The number of ether oxygens (including phenoxy) is 1. The Morgan fingerprint density at radius 1 is 1.53 bits per heavy atom. The fourth-order valence-electron chi connectivity index (χ4n) is 1.70. The highest BCUT2D eigenvalue weighted by Gasteiger charge is 2.18. The maximum absolute atomic E-state index is 10.7. The van der Waals surface area contributed by atoms with Crippen LogP contribution in [0.1, 0.15) is 24.8 Å². The normalized spacial score (nSPS) is 15.4. The minimum Gasteiger partial charge on any atom is -0.374 e. The average Bonchev–Trinajstić information content (AvgIpc) is 2.26. The molecule has 0 radical (unpaired) electrons. The van der Waals surface area contributed by atoms with Crippen LogP contribution in [0, 0.1) is 10.1 Å². The fraction of sp³-hybridized carbons (Fsp3) is 0.455. The van der Waals surface area contributed by atoms with Crippen LogP contribution in [0.15, 0.2) is 18.2 Å². The van der Waals surface area contributed by atoms with Crippen LogP contribution in [0.5, 0.6) is 0 Å². The van der Waals surface area contributed by atoms with Gasteiger partial charge in [0.15, 0.2) is 0 Å². The van der Waals surface area contributed by atoms with E-state index in [-0.39, 0.29) is 5.69 Å². The number of anilines is 1. The summed E-state index contributed by atoms with van der Waals surface area (Å²) in [4.78, 5) is 10.2. The average molecular weight is 237 g/mol. The number of nitrogens with one attached hydrogen (secondary N) is 1. The second kappa shape index (κ2) is 5.11. The number of hydrazine groups is 1. The molecule has 0 saturated heterocycles. The number of benzene rings is 1. The van der Waals surface area contributed by atoms with Crippen molar-refractivity contribution in [1.82, 2.24) is 0 Å². The van der Waals surface area contributed by atoms with Gasteiger partial charge in [-0.1, -0.05) is 0 Å². The predicted molar refractivity (Wildman–Crippen MR) is 63.3 cm³/mol. The van der Waals surface area contributed by atoms with E-state index in [0.29, 0.717) is 18.4 Å². The van der Waals surface area contributed by atoms with Gasteiger partial charge in [-0.15, -0.1) is 0 Å². The van der Waals surface area contributed by atoms with Crippen molar-refractivity contribution < 1.29 is 9.66 Å². The Bertz CT molecular complexity index is 418. The van der Waals surface area contributed by atoms with Crippen molar-refractivity contribution in [3.8, 4) is 0 Å². The lowest BCUT2D eigenvalue weighted by Gasteiger charge is -2.25. The van der Waals surface area contributed by atoms with E-state index in [9.17, 15) is 10.1 Å². The molecule has 92 valence electrons. The van der Waals surface area contributed by atoms with Crippen LogP contribution in [-0.4, -0.2) is 11.0 Å². The van der Waals surface area contributed by atoms with Crippen LogP contribution in [-0.2, 0) is 11.3 Å². The van der Waals surface area contributed by atoms with Crippen LogP contribution in [0.3, 0.4) is 0 Å². The minimum absolute atomic E-state index is 0.0279. The molecular weight excluding hydrogens is 222 g/mol. The van der Waals surface area contributed by atoms with E-state index in [2.05, 4.69) is 5.43 Å². The first-order valence-electron chi connectivity index (χ1n) is 5.56. The van der Waals surface area contributed by atoms with E-state index >= 15 is 0 Å². The molecule has 1 aromatic carbocycles. The van der Waals surface area contributed by atoms with Gasteiger partial charge in [-0.25, -0.2) is 0 Å². The summed E-state index contributed by atoms with van der Waals surface area (Å²) in [6, 6.07) is 4.78. The monoisotopic (exact) mass is 237 g/mol. The molecule has 1 aromatic rings. The maximum Gasteiger partial charge on any atom is 0.293 e. The Labute approximate surface area is 98.9 Å². The minimum atomic E-state index is -0.467. The largest absolute Gasteiger partial charge is 0.374 e. The molecule has 3 N–H and O–H groups in total. The molecule has 1 aliphatic carbocycles. The molecule has 0 aromatic heterocycles. The molecular formula is C11H15N3O3. The number of rotatable bonds is 5. The Kier molecular flexibility index (Phi) is 3.55. The number of nitro groups is 1. The summed E-state index contributed by atoms with van der Waals surface area (Å²) in [5, 5.41) is 10.7. The van der Waals surface area contributed by atoms with Crippen molar-refractivity contribution in [3.63, 3.8) is 0 Å². The zero-order valence-corrected chi connectivity index (χ0v) is 9.39. The third kappa shape index (κ3) is 2.72. The zero-order valence-electron chi connectivity index (χ0n) is 9.39. The Balaban J connectivity index is 2.04. The van der Waals surface area contributed by atoms with Crippen molar-refractivity contribution in [2.24, 2.45) is 5.84 Å². The highest BCUT2D eigenvalue weighted by molar-refractivity contribution is 5.61. The van der Waals surface area contributed by atoms with Gasteiger partial charge in [0.1, 0.15) is 5.69 Å². The second-order valence-corrected chi connectivity index (χ2v) is 4.12. The highest BCUT2D eigenvalue weighted by Crippen LogP contribution is 2.27. The van der Waals surface area contributed by atoms with Crippen LogP contribution in [0.25, 0.3) is 0 Å². The SMILES string of the molecule is NNc1cc(COC2CCC2)ccc1[N+](=O)[O-]. The molecule has 1 saturated carbocycles. The lowest BCUT2D eigenvalue weighted by atomic mass is 9.96. The smallest absolute Gasteiger partial charge is 0.293 e. The molecule has 6 heteroatoms. The van der Waals surface area contributed by atoms with Gasteiger partial charge in [-0.3, -0.25) is 16.0 Å². The first-order chi connectivity index (χ1) is 8.20. The maximum atomic E-state index is 10.7. The van der Waals surface area contributed by atoms with Crippen molar-refractivity contribution in [3.05, 3.63) is 33.9 Å². The first-order valence-corrected chi connectivity index (χ1v) is 5.56. The Morgan fingerprint density at radius 3 is 2.82 bits per heavy atom.